The zero-order chi connectivity index (χ0) is 69.5. The van der Waals surface area contributed by atoms with E-state index >= 15 is 0 Å². The fourth-order valence-electron chi connectivity index (χ4n) is 16.9. The van der Waals surface area contributed by atoms with Crippen molar-refractivity contribution in [2.75, 3.05) is 0 Å². The lowest BCUT2D eigenvalue weighted by molar-refractivity contribution is 0.582. The van der Waals surface area contributed by atoms with E-state index in [9.17, 15) is 13.2 Å². The predicted octanol–water partition coefficient (Wildman–Crippen LogP) is 25.7. The highest BCUT2D eigenvalue weighted by Crippen LogP contribution is 2.43. The molecule has 0 fully saturated rings. The van der Waals surface area contributed by atoms with Crippen molar-refractivity contribution in [2.45, 2.75) is 0 Å². The van der Waals surface area contributed by atoms with E-state index in [0.29, 0.717) is 5.69 Å². The molecule has 0 aliphatic heterocycles. The van der Waals surface area contributed by atoms with Gasteiger partial charge in [0.15, 0.2) is 0 Å². The Bertz CT molecular complexity index is 7180. The molecule has 105 heavy (non-hydrogen) atoms. The maximum Gasteiger partial charge on any atom is 0.128 e. The number of hydrogen-bond acceptors (Lipinski definition) is 0. The quantitative estimate of drug-likeness (QED) is 0.145. The van der Waals surface area contributed by atoms with Gasteiger partial charge in [0, 0.05) is 99.1 Å². The molecule has 6 aromatic heterocycles. The molecule has 0 aliphatic carbocycles. The monoisotopic (exact) mass is 1350 g/mol. The minimum Gasteiger partial charge on any atom is -0.309 e. The fourth-order valence-corrected chi connectivity index (χ4v) is 16.9. The molecular weight excluding hydrogens is 1290 g/mol. The molecule has 494 valence electrons. The van der Waals surface area contributed by atoms with Crippen LogP contribution in [0.2, 0.25) is 0 Å². The van der Waals surface area contributed by atoms with Crippen LogP contribution in [-0.4, -0.2) is 27.4 Å². The maximum absolute atomic E-state index is 14.4. The Morgan fingerprint density at radius 3 is 0.543 bits per heavy atom. The number of fused-ring (bicyclic) bond motifs is 18. The van der Waals surface area contributed by atoms with Crippen LogP contribution < -0.4 is 0 Å². The van der Waals surface area contributed by atoms with Crippen LogP contribution in [-0.2, 0) is 0 Å². The first-order valence-electron chi connectivity index (χ1n) is 35.4. The molecule has 22 rings (SSSR count). The van der Waals surface area contributed by atoms with Gasteiger partial charge in [0.05, 0.1) is 71.9 Å². The average molecular weight is 1350 g/mol. The van der Waals surface area contributed by atoms with Crippen LogP contribution in [0.25, 0.3) is 187 Å². The Morgan fingerprint density at radius 1 is 0.133 bits per heavy atom. The third-order valence-corrected chi connectivity index (χ3v) is 21.4. The average Bonchev–Trinajstić information content (AvgIpc) is 1.59. The van der Waals surface area contributed by atoms with Crippen LogP contribution >= 0.6 is 0 Å². The summed E-state index contributed by atoms with van der Waals surface area (Å²) in [5.74, 6) is -1.44. The van der Waals surface area contributed by atoms with Gasteiger partial charge < -0.3 is 27.4 Å². The van der Waals surface area contributed by atoms with Crippen LogP contribution in [0.1, 0.15) is 0 Å². The zero-order valence-electron chi connectivity index (χ0n) is 56.4. The summed E-state index contributed by atoms with van der Waals surface area (Å²) in [5, 5.41) is 14.2. The van der Waals surface area contributed by atoms with E-state index in [2.05, 4.69) is 320 Å². The van der Waals surface area contributed by atoms with Gasteiger partial charge in [-0.3, -0.25) is 0 Å². The second kappa shape index (κ2) is 23.6. The number of nitrogens with zero attached hydrogens (tertiary/aromatic N) is 6. The molecule has 0 saturated carbocycles. The molecule has 0 N–H and O–H groups in total. The number of para-hydroxylation sites is 8. The van der Waals surface area contributed by atoms with Crippen molar-refractivity contribution < 1.29 is 13.2 Å². The second-order valence-electron chi connectivity index (χ2n) is 27.2. The Hall–Kier alpha value is -13.9. The first kappa shape index (κ1) is 59.9. The summed E-state index contributed by atoms with van der Waals surface area (Å²) in [7, 11) is 0. The summed E-state index contributed by atoms with van der Waals surface area (Å²) in [6.07, 6.45) is 0. The summed E-state index contributed by atoms with van der Waals surface area (Å²) in [5.41, 5.74) is 23.8. The Labute approximate surface area is 599 Å². The van der Waals surface area contributed by atoms with Crippen molar-refractivity contribution in [2.24, 2.45) is 0 Å². The summed E-state index contributed by atoms with van der Waals surface area (Å²) in [6, 6.07) is 123. The number of aromatic nitrogens is 6. The van der Waals surface area contributed by atoms with E-state index < -0.39 is 11.6 Å². The fraction of sp³-hybridized carbons (Fsp3) is 0. The molecule has 0 bridgehead atoms. The van der Waals surface area contributed by atoms with Crippen molar-refractivity contribution >= 4 is 131 Å². The highest BCUT2D eigenvalue weighted by molar-refractivity contribution is 6.16. The van der Waals surface area contributed by atoms with E-state index in [4.69, 9.17) is 0 Å². The van der Waals surface area contributed by atoms with Crippen LogP contribution in [0.3, 0.4) is 0 Å². The lowest BCUT2D eigenvalue weighted by atomic mass is 10.0. The second-order valence-corrected chi connectivity index (χ2v) is 27.2. The van der Waals surface area contributed by atoms with E-state index in [1.807, 2.05) is 34.9 Å². The molecule has 16 aromatic carbocycles. The van der Waals surface area contributed by atoms with Gasteiger partial charge >= 0.3 is 0 Å². The minimum absolute atomic E-state index is 0.236. The molecule has 9 heteroatoms. The Kier molecular flexibility index (Phi) is 13.5. The molecule has 0 amide bonds. The van der Waals surface area contributed by atoms with E-state index in [1.54, 1.807) is 0 Å². The smallest absolute Gasteiger partial charge is 0.128 e. The number of benzene rings is 16. The van der Waals surface area contributed by atoms with Crippen LogP contribution in [0.5, 0.6) is 0 Å². The van der Waals surface area contributed by atoms with Gasteiger partial charge in [-0.1, -0.05) is 170 Å². The number of rotatable bonds is 8. The van der Waals surface area contributed by atoms with Crippen molar-refractivity contribution in [1.29, 1.82) is 0 Å². The Morgan fingerprint density at radius 2 is 0.314 bits per heavy atom. The first-order valence-corrected chi connectivity index (χ1v) is 35.4. The summed E-state index contributed by atoms with van der Waals surface area (Å²) >= 11 is 0. The van der Waals surface area contributed by atoms with Gasteiger partial charge in [0.25, 0.3) is 0 Å². The SMILES string of the molecule is Fc1cc(F)cc(-n2c3ccccc3c3cc(-c4ccc5c(c4)c4ccccc4n5-c4ccc(-n5c6ccccc6c6ccccc65)cc4)ccc32)c1.Fc1ccc(-n2c3ccccc3c3cc(-c4ccc5c(c4)c4ccccc4n5-c4ccc(-n5c6ccccc6c6ccccc65)cc4)ccc32)cc1. The van der Waals surface area contributed by atoms with Gasteiger partial charge in [-0.15, -0.1) is 0 Å². The van der Waals surface area contributed by atoms with E-state index in [-0.39, 0.29) is 5.82 Å². The lowest BCUT2D eigenvalue weighted by Gasteiger charge is -2.12. The van der Waals surface area contributed by atoms with Crippen LogP contribution in [0.4, 0.5) is 13.2 Å². The normalized spacial score (nSPS) is 12.0. The van der Waals surface area contributed by atoms with Crippen LogP contribution in [0.15, 0.2) is 358 Å². The highest BCUT2D eigenvalue weighted by atomic mass is 19.1. The number of hydrogen-bond donors (Lipinski definition) is 0. The third kappa shape index (κ3) is 9.45. The van der Waals surface area contributed by atoms with Gasteiger partial charge in [-0.2, -0.15) is 0 Å². The van der Waals surface area contributed by atoms with Gasteiger partial charge in [-0.05, 0) is 204 Å². The summed E-state index contributed by atoms with van der Waals surface area (Å²) in [6.45, 7) is 0. The van der Waals surface area contributed by atoms with Crippen molar-refractivity contribution in [3.63, 3.8) is 0 Å². The molecule has 22 aromatic rings. The molecule has 6 heterocycles. The highest BCUT2D eigenvalue weighted by Gasteiger charge is 2.22. The lowest BCUT2D eigenvalue weighted by Crippen LogP contribution is -1.97. The van der Waals surface area contributed by atoms with Gasteiger partial charge in [-0.25, -0.2) is 13.2 Å². The van der Waals surface area contributed by atoms with Gasteiger partial charge in [0.1, 0.15) is 17.5 Å². The zero-order valence-corrected chi connectivity index (χ0v) is 56.4. The maximum atomic E-state index is 14.4. The van der Waals surface area contributed by atoms with Crippen molar-refractivity contribution in [3.05, 3.63) is 375 Å². The predicted molar refractivity (Wildman–Crippen MR) is 430 cm³/mol. The summed E-state index contributed by atoms with van der Waals surface area (Å²) in [4.78, 5) is 0. The largest absolute Gasteiger partial charge is 0.309 e. The van der Waals surface area contributed by atoms with Crippen LogP contribution in [0, 0.1) is 17.5 Å². The number of halogens is 3. The molecule has 0 spiro atoms. The Balaban J connectivity index is 0.000000135. The molecule has 6 nitrogen and oxygen atoms in total. The summed E-state index contributed by atoms with van der Waals surface area (Å²) < 4.78 is 56.2. The van der Waals surface area contributed by atoms with E-state index in [0.717, 1.165) is 101 Å². The molecule has 0 atom stereocenters. The minimum atomic E-state index is -0.603. The molecule has 0 aliphatic rings. The first-order chi connectivity index (χ1) is 51.8. The molecule has 0 radical (unpaired) electrons. The van der Waals surface area contributed by atoms with E-state index in [1.165, 1.54) is 111 Å². The molecule has 0 saturated heterocycles. The standard InChI is InChI=1S/C48H29F2N3.C48H30FN3/c49-32-27-33(50)29-36(28-32)53-46-16-8-4-12-40(46)42-26-31(18-24-48(42)53)30-17-23-47-41(25-30)39-11-3-7-15-45(39)52(47)35-21-19-34(20-22-35)51-43-13-5-1-9-37(43)38-10-2-6-14-44(38)51;49-33-19-21-34(22-20-33)51-45-15-7-3-11-39(45)41-29-31(17-27-47(41)51)32-18-28-48-42(30-32)40-12-4-8-16-46(40)52(48)36-25-23-35(24-26-36)50-43-13-5-1-9-37(43)38-10-2-6-14-44(38)50/h1-29H;1-30H. The third-order valence-electron chi connectivity index (χ3n) is 21.4. The molecular formula is C96H59F3N6. The topological polar surface area (TPSA) is 29.6 Å². The molecule has 0 unspecified atom stereocenters. The van der Waals surface area contributed by atoms with Gasteiger partial charge in [0.2, 0.25) is 0 Å². The van der Waals surface area contributed by atoms with Crippen molar-refractivity contribution in [3.8, 4) is 56.4 Å². The van der Waals surface area contributed by atoms with Crippen molar-refractivity contribution in [1.82, 2.24) is 27.4 Å².